The summed E-state index contributed by atoms with van der Waals surface area (Å²) in [6, 6.07) is 1.30. The Morgan fingerprint density at radius 3 is 2.53 bits per heavy atom. The highest BCUT2D eigenvalue weighted by atomic mass is 16.7. The molecule has 0 aromatic carbocycles. The van der Waals surface area contributed by atoms with Crippen molar-refractivity contribution in [1.82, 2.24) is 0 Å². The van der Waals surface area contributed by atoms with Crippen molar-refractivity contribution in [1.29, 1.82) is 0 Å². The van der Waals surface area contributed by atoms with Crippen LogP contribution in [-0.4, -0.2) is 47.5 Å². The molecule has 0 unspecified atom stereocenters. The Kier molecular flexibility index (Phi) is 6.38. The molecule has 7 heteroatoms. The molecule has 2 saturated heterocycles. The lowest BCUT2D eigenvalue weighted by molar-refractivity contribution is -0.144. The van der Waals surface area contributed by atoms with E-state index in [1.165, 1.54) is 13.2 Å². The van der Waals surface area contributed by atoms with Gasteiger partial charge in [-0.15, -0.1) is 0 Å². The van der Waals surface area contributed by atoms with E-state index in [0.29, 0.717) is 17.9 Å². The molecule has 0 bridgehead atoms. The zero-order chi connectivity index (χ0) is 22.1. The number of aliphatic hydroxyl groups excluding tert-OH is 1. The normalized spacial score (nSPS) is 36.4. The van der Waals surface area contributed by atoms with Gasteiger partial charge in [0.15, 0.2) is 6.29 Å². The molecule has 164 valence electrons. The average molecular weight is 418 g/mol. The minimum Gasteiger partial charge on any atom is -0.496 e. The Morgan fingerprint density at radius 2 is 1.90 bits per heavy atom. The second-order valence-corrected chi connectivity index (χ2v) is 8.09. The molecular formula is C23H30O7. The molecule has 2 aliphatic rings. The third kappa shape index (κ3) is 3.67. The van der Waals surface area contributed by atoms with Gasteiger partial charge in [-0.25, -0.2) is 4.79 Å². The van der Waals surface area contributed by atoms with E-state index in [1.807, 2.05) is 6.92 Å². The summed E-state index contributed by atoms with van der Waals surface area (Å²) in [5, 5.41) is 21.8. The minimum absolute atomic E-state index is 0.378. The van der Waals surface area contributed by atoms with Gasteiger partial charge in [0.05, 0.1) is 30.8 Å². The first-order chi connectivity index (χ1) is 14.2. The van der Waals surface area contributed by atoms with Crippen LogP contribution in [0.1, 0.15) is 38.5 Å². The zero-order valence-electron chi connectivity index (χ0n) is 18.0. The molecule has 0 aliphatic carbocycles. The maximum absolute atomic E-state index is 11.6. The second-order valence-electron chi connectivity index (χ2n) is 8.09. The summed E-state index contributed by atoms with van der Waals surface area (Å²) in [5.74, 6) is 0.901. The Balaban J connectivity index is 1.65. The summed E-state index contributed by atoms with van der Waals surface area (Å²) < 4.78 is 22.0. The highest BCUT2D eigenvalue weighted by molar-refractivity contribution is 5.52. The maximum atomic E-state index is 11.6. The van der Waals surface area contributed by atoms with E-state index in [-0.39, 0.29) is 6.10 Å². The highest BCUT2D eigenvalue weighted by Gasteiger charge is 2.69. The molecule has 0 amide bonds. The van der Waals surface area contributed by atoms with Crippen molar-refractivity contribution < 1.29 is 28.8 Å². The van der Waals surface area contributed by atoms with Gasteiger partial charge in [0, 0.05) is 5.56 Å². The zero-order valence-corrected chi connectivity index (χ0v) is 18.0. The molecule has 1 aromatic heterocycles. The lowest BCUT2D eigenvalue weighted by Crippen LogP contribution is -2.54. The third-order valence-corrected chi connectivity index (χ3v) is 6.37. The first-order valence-corrected chi connectivity index (χ1v) is 10.1. The molecular weight excluding hydrogens is 388 g/mol. The molecule has 30 heavy (non-hydrogen) atoms. The molecule has 2 N–H and O–H groups in total. The van der Waals surface area contributed by atoms with Crippen LogP contribution in [0.4, 0.5) is 0 Å². The lowest BCUT2D eigenvalue weighted by Gasteiger charge is -2.38. The fraction of sp³-hybridized carbons (Fsp3) is 0.522. The standard InChI is InChI=1S/C23H30O7/c1-6-18-23(4,26)22(3)20(25)16(29-21(22)30-18)12-10-8-7-9-11-15-14(2)17(27-5)13-19(24)28-15/h7-13,16,18,20-21,25-26H,6H2,1-5H3/b8-7-,11-9+,12-10+/t16-,18-,20+,21+,22+,23+/m1/s1. The van der Waals surface area contributed by atoms with Gasteiger partial charge in [0.1, 0.15) is 23.2 Å². The predicted molar refractivity (Wildman–Crippen MR) is 112 cm³/mol. The van der Waals surface area contributed by atoms with Crippen molar-refractivity contribution >= 4 is 6.08 Å². The van der Waals surface area contributed by atoms with E-state index >= 15 is 0 Å². The van der Waals surface area contributed by atoms with Gasteiger partial charge < -0.3 is 28.8 Å². The molecule has 1 aromatic rings. The van der Waals surface area contributed by atoms with Gasteiger partial charge in [-0.3, -0.25) is 0 Å². The summed E-state index contributed by atoms with van der Waals surface area (Å²) in [7, 11) is 1.50. The van der Waals surface area contributed by atoms with Crippen molar-refractivity contribution in [3.8, 4) is 5.75 Å². The number of rotatable bonds is 6. The van der Waals surface area contributed by atoms with E-state index in [9.17, 15) is 15.0 Å². The van der Waals surface area contributed by atoms with Gasteiger partial charge in [-0.1, -0.05) is 37.3 Å². The van der Waals surface area contributed by atoms with Crippen LogP contribution < -0.4 is 10.4 Å². The highest BCUT2D eigenvalue weighted by Crippen LogP contribution is 2.55. The first kappa shape index (κ1) is 22.5. The summed E-state index contributed by atoms with van der Waals surface area (Å²) in [4.78, 5) is 11.6. The smallest absolute Gasteiger partial charge is 0.339 e. The van der Waals surface area contributed by atoms with Gasteiger partial charge in [0.25, 0.3) is 0 Å². The molecule has 3 rings (SSSR count). The van der Waals surface area contributed by atoms with E-state index in [4.69, 9.17) is 18.6 Å². The Bertz CT molecular complexity index is 911. The number of hydrogen-bond donors (Lipinski definition) is 2. The van der Waals surface area contributed by atoms with Crippen LogP contribution in [0.25, 0.3) is 6.08 Å². The third-order valence-electron chi connectivity index (χ3n) is 6.37. The number of aliphatic hydroxyl groups is 2. The number of hydrogen-bond acceptors (Lipinski definition) is 7. The SMILES string of the molecule is CC[C@H]1O[C@@H]2O[C@H](/C=C/C=C\C=C\c3oc(=O)cc(OC)c3C)[C@H](O)[C@]2(C)[C@@]1(C)O. The van der Waals surface area contributed by atoms with Crippen molar-refractivity contribution in [2.75, 3.05) is 7.11 Å². The van der Waals surface area contributed by atoms with Gasteiger partial charge in [0.2, 0.25) is 0 Å². The van der Waals surface area contributed by atoms with Gasteiger partial charge >= 0.3 is 5.63 Å². The summed E-state index contributed by atoms with van der Waals surface area (Å²) >= 11 is 0. The molecule has 7 nitrogen and oxygen atoms in total. The molecule has 0 spiro atoms. The molecule has 0 radical (unpaired) electrons. The van der Waals surface area contributed by atoms with E-state index in [1.54, 1.807) is 57.2 Å². The molecule has 2 aliphatic heterocycles. The summed E-state index contributed by atoms with van der Waals surface area (Å²) in [5.41, 5.74) is -1.84. The fourth-order valence-electron chi connectivity index (χ4n) is 4.19. The maximum Gasteiger partial charge on any atom is 0.339 e. The van der Waals surface area contributed by atoms with Gasteiger partial charge in [-0.2, -0.15) is 0 Å². The molecule has 3 heterocycles. The quantitative estimate of drug-likeness (QED) is 0.686. The van der Waals surface area contributed by atoms with Crippen LogP contribution in [0.5, 0.6) is 5.75 Å². The Hall–Kier alpha value is -2.19. The largest absolute Gasteiger partial charge is 0.496 e. The summed E-state index contributed by atoms with van der Waals surface area (Å²) in [6.07, 6.45) is 8.53. The second kappa shape index (κ2) is 8.51. The monoisotopic (exact) mass is 418 g/mol. The van der Waals surface area contributed by atoms with Crippen molar-refractivity contribution in [3.63, 3.8) is 0 Å². The van der Waals surface area contributed by atoms with E-state index in [2.05, 4.69) is 0 Å². The van der Waals surface area contributed by atoms with Crippen LogP contribution in [0.3, 0.4) is 0 Å². The minimum atomic E-state index is -1.19. The van der Waals surface area contributed by atoms with Gasteiger partial charge in [-0.05, 0) is 33.3 Å². The molecule has 2 fully saturated rings. The van der Waals surface area contributed by atoms with Crippen LogP contribution in [0.2, 0.25) is 0 Å². The van der Waals surface area contributed by atoms with E-state index < -0.39 is 35.1 Å². The predicted octanol–water partition coefficient (Wildman–Crippen LogP) is 2.73. The number of methoxy groups -OCH3 is 1. The average Bonchev–Trinajstić information content (AvgIpc) is 3.07. The van der Waals surface area contributed by atoms with Crippen molar-refractivity contribution in [2.45, 2.75) is 64.3 Å². The fourth-order valence-corrected chi connectivity index (χ4v) is 4.19. The van der Waals surface area contributed by atoms with Crippen LogP contribution in [-0.2, 0) is 9.47 Å². The number of ether oxygens (including phenoxy) is 3. The van der Waals surface area contributed by atoms with Crippen LogP contribution in [0.15, 0.2) is 45.7 Å². The van der Waals surface area contributed by atoms with Crippen LogP contribution in [0, 0.1) is 12.3 Å². The summed E-state index contributed by atoms with van der Waals surface area (Å²) in [6.45, 7) is 7.24. The number of allylic oxidation sites excluding steroid dienone is 4. The van der Waals surface area contributed by atoms with E-state index in [0.717, 1.165) is 5.56 Å². The lowest BCUT2D eigenvalue weighted by atomic mass is 9.69. The Morgan fingerprint density at radius 1 is 1.20 bits per heavy atom. The van der Waals surface area contributed by atoms with Crippen molar-refractivity contribution in [2.24, 2.45) is 5.41 Å². The topological polar surface area (TPSA) is 98.4 Å². The molecule has 0 saturated carbocycles. The van der Waals surface area contributed by atoms with Crippen molar-refractivity contribution in [3.05, 3.63) is 58.2 Å². The molecule has 6 atom stereocenters. The number of fused-ring (bicyclic) bond motifs is 1. The first-order valence-electron chi connectivity index (χ1n) is 10.1. The van der Waals surface area contributed by atoms with Crippen LogP contribution >= 0.6 is 0 Å². The Labute approximate surface area is 176 Å².